The number of para-hydroxylation sites is 1. The van der Waals surface area contributed by atoms with Crippen molar-refractivity contribution in [3.05, 3.63) is 48.3 Å². The molecule has 1 aromatic carbocycles. The third kappa shape index (κ3) is 4.07. The highest BCUT2D eigenvalue weighted by molar-refractivity contribution is 7.88. The van der Waals surface area contributed by atoms with Crippen molar-refractivity contribution in [3.8, 4) is 0 Å². The number of aromatic nitrogens is 2. The lowest BCUT2D eigenvalue weighted by atomic mass is 10.2. The smallest absolute Gasteiger partial charge is 0.216 e. The van der Waals surface area contributed by atoms with Crippen molar-refractivity contribution >= 4 is 15.7 Å². The molecule has 0 bridgehead atoms. The fraction of sp³-hybridized carbons (Fsp3) is 0.308. The van der Waals surface area contributed by atoms with Gasteiger partial charge in [-0.3, -0.25) is 4.68 Å². The van der Waals surface area contributed by atoms with E-state index in [2.05, 4.69) is 9.82 Å². The van der Waals surface area contributed by atoms with Crippen molar-refractivity contribution in [2.45, 2.75) is 25.3 Å². The predicted octanol–water partition coefficient (Wildman–Crippen LogP) is 0.973. The molecule has 0 radical (unpaired) electrons. The number of sulfonamides is 1. The van der Waals surface area contributed by atoms with Crippen LogP contribution < -0.4 is 10.5 Å². The summed E-state index contributed by atoms with van der Waals surface area (Å²) in [6, 6.07) is 8.51. The van der Waals surface area contributed by atoms with Gasteiger partial charge in [-0.15, -0.1) is 0 Å². The Morgan fingerprint density at radius 3 is 2.75 bits per heavy atom. The molecule has 108 valence electrons. The van der Waals surface area contributed by atoms with Gasteiger partial charge in [0.05, 0.1) is 12.3 Å². The molecule has 1 unspecified atom stereocenters. The lowest BCUT2D eigenvalue weighted by molar-refractivity contribution is 0.493. The number of anilines is 1. The summed E-state index contributed by atoms with van der Waals surface area (Å²) in [6.07, 6.45) is 3.45. The van der Waals surface area contributed by atoms with Gasteiger partial charge in [0.1, 0.15) is 0 Å². The molecular weight excluding hydrogens is 276 g/mol. The van der Waals surface area contributed by atoms with Gasteiger partial charge in [-0.25, -0.2) is 13.1 Å². The maximum absolute atomic E-state index is 12.1. The number of nitrogens with zero attached hydrogens (tertiary/aromatic N) is 2. The third-order valence-electron chi connectivity index (χ3n) is 2.80. The minimum Gasteiger partial charge on any atom is -0.398 e. The Hall–Kier alpha value is -1.86. The third-order valence-corrected chi connectivity index (χ3v) is 4.25. The molecule has 3 N–H and O–H groups in total. The second kappa shape index (κ2) is 6.06. The van der Waals surface area contributed by atoms with Crippen LogP contribution in [0.25, 0.3) is 0 Å². The standard InChI is InChI=1S/C13H18N4O2S/c1-11(9-17-8-4-7-15-17)16-20(18,19)10-12-5-2-3-6-13(12)14/h2-8,11,16H,9-10,14H2,1H3. The zero-order valence-corrected chi connectivity index (χ0v) is 12.0. The largest absolute Gasteiger partial charge is 0.398 e. The minimum atomic E-state index is -3.43. The van der Waals surface area contributed by atoms with E-state index in [1.807, 2.05) is 0 Å². The molecule has 2 rings (SSSR count). The van der Waals surface area contributed by atoms with Gasteiger partial charge >= 0.3 is 0 Å². The van der Waals surface area contributed by atoms with Crippen LogP contribution in [0.5, 0.6) is 0 Å². The average molecular weight is 294 g/mol. The zero-order chi connectivity index (χ0) is 14.6. The normalized spacial score (nSPS) is 13.2. The van der Waals surface area contributed by atoms with Crippen molar-refractivity contribution in [2.75, 3.05) is 5.73 Å². The van der Waals surface area contributed by atoms with E-state index in [9.17, 15) is 8.42 Å². The first-order valence-electron chi connectivity index (χ1n) is 6.27. The van der Waals surface area contributed by atoms with Crippen LogP contribution in [0.1, 0.15) is 12.5 Å². The zero-order valence-electron chi connectivity index (χ0n) is 11.2. The van der Waals surface area contributed by atoms with E-state index in [4.69, 9.17) is 5.73 Å². The van der Waals surface area contributed by atoms with Gasteiger partial charge in [0, 0.05) is 24.1 Å². The van der Waals surface area contributed by atoms with Gasteiger partial charge in [-0.1, -0.05) is 18.2 Å². The van der Waals surface area contributed by atoms with Gasteiger partial charge in [0.2, 0.25) is 10.0 Å². The van der Waals surface area contributed by atoms with Crippen LogP contribution in [-0.2, 0) is 22.3 Å². The van der Waals surface area contributed by atoms with E-state index < -0.39 is 10.0 Å². The Bertz CT molecular complexity index is 653. The highest BCUT2D eigenvalue weighted by Gasteiger charge is 2.16. The second-order valence-corrected chi connectivity index (χ2v) is 6.46. The lowest BCUT2D eigenvalue weighted by Crippen LogP contribution is -2.36. The summed E-state index contributed by atoms with van der Waals surface area (Å²) >= 11 is 0. The maximum Gasteiger partial charge on any atom is 0.216 e. The molecule has 0 fully saturated rings. The molecule has 1 heterocycles. The first kappa shape index (κ1) is 14.5. The van der Waals surface area contributed by atoms with Gasteiger partial charge in [0.15, 0.2) is 0 Å². The summed E-state index contributed by atoms with van der Waals surface area (Å²) in [7, 11) is -3.43. The SMILES string of the molecule is CC(Cn1cccn1)NS(=O)(=O)Cc1ccccc1N. The van der Waals surface area contributed by atoms with E-state index in [0.29, 0.717) is 17.8 Å². The molecule has 0 aliphatic heterocycles. The average Bonchev–Trinajstić information content (AvgIpc) is 2.83. The first-order chi connectivity index (χ1) is 9.46. The summed E-state index contributed by atoms with van der Waals surface area (Å²) in [5.41, 5.74) is 6.85. The van der Waals surface area contributed by atoms with Crippen LogP contribution in [0.15, 0.2) is 42.7 Å². The fourth-order valence-corrected chi connectivity index (χ4v) is 3.39. The van der Waals surface area contributed by atoms with Gasteiger partial charge in [-0.05, 0) is 24.6 Å². The molecule has 0 spiro atoms. The first-order valence-corrected chi connectivity index (χ1v) is 7.92. The predicted molar refractivity (Wildman–Crippen MR) is 78.3 cm³/mol. The molecule has 1 atom stereocenters. The Labute approximate surface area is 118 Å². The second-order valence-electron chi connectivity index (χ2n) is 4.70. The number of hydrogen-bond acceptors (Lipinski definition) is 4. The van der Waals surface area contributed by atoms with Gasteiger partial charge in [-0.2, -0.15) is 5.10 Å². The van der Waals surface area contributed by atoms with Crippen molar-refractivity contribution in [3.63, 3.8) is 0 Å². The lowest BCUT2D eigenvalue weighted by Gasteiger charge is -2.15. The quantitative estimate of drug-likeness (QED) is 0.777. The summed E-state index contributed by atoms with van der Waals surface area (Å²) in [6.45, 7) is 2.28. The fourth-order valence-electron chi connectivity index (χ4n) is 1.94. The van der Waals surface area contributed by atoms with Crippen LogP contribution >= 0.6 is 0 Å². The van der Waals surface area contributed by atoms with E-state index in [1.165, 1.54) is 0 Å². The van der Waals surface area contributed by atoms with Crippen LogP contribution in [0.3, 0.4) is 0 Å². The summed E-state index contributed by atoms with van der Waals surface area (Å²) in [5.74, 6) is -0.122. The molecule has 0 saturated carbocycles. The molecule has 2 aromatic rings. The van der Waals surface area contributed by atoms with Crippen molar-refractivity contribution in [1.29, 1.82) is 0 Å². The molecular formula is C13H18N4O2S. The highest BCUT2D eigenvalue weighted by atomic mass is 32.2. The minimum absolute atomic E-state index is 0.122. The number of nitrogens with two attached hydrogens (primary N) is 1. The topological polar surface area (TPSA) is 90.0 Å². The van der Waals surface area contributed by atoms with Crippen LogP contribution in [0.2, 0.25) is 0 Å². The summed E-state index contributed by atoms with van der Waals surface area (Å²) in [4.78, 5) is 0. The Kier molecular flexibility index (Phi) is 4.41. The van der Waals surface area contributed by atoms with Crippen LogP contribution in [0, 0.1) is 0 Å². The van der Waals surface area contributed by atoms with E-state index in [1.54, 1.807) is 54.3 Å². The highest BCUT2D eigenvalue weighted by Crippen LogP contribution is 2.13. The van der Waals surface area contributed by atoms with Crippen molar-refractivity contribution in [1.82, 2.24) is 14.5 Å². The van der Waals surface area contributed by atoms with E-state index >= 15 is 0 Å². The molecule has 0 aliphatic rings. The molecule has 0 aliphatic carbocycles. The Balaban J connectivity index is 1.99. The number of benzene rings is 1. The van der Waals surface area contributed by atoms with Crippen LogP contribution in [0.4, 0.5) is 5.69 Å². The molecule has 0 amide bonds. The number of rotatable bonds is 6. The molecule has 1 aromatic heterocycles. The molecule has 7 heteroatoms. The monoisotopic (exact) mass is 294 g/mol. The van der Waals surface area contributed by atoms with Crippen LogP contribution in [-0.4, -0.2) is 24.2 Å². The van der Waals surface area contributed by atoms with Crippen molar-refractivity contribution < 1.29 is 8.42 Å². The Morgan fingerprint density at radius 2 is 2.10 bits per heavy atom. The van der Waals surface area contributed by atoms with Gasteiger partial charge < -0.3 is 5.73 Å². The van der Waals surface area contributed by atoms with E-state index in [-0.39, 0.29) is 11.8 Å². The number of hydrogen-bond donors (Lipinski definition) is 2. The van der Waals surface area contributed by atoms with Gasteiger partial charge in [0.25, 0.3) is 0 Å². The van der Waals surface area contributed by atoms with E-state index in [0.717, 1.165) is 0 Å². The van der Waals surface area contributed by atoms with Crippen molar-refractivity contribution in [2.24, 2.45) is 0 Å². The molecule has 0 saturated heterocycles. The number of nitrogens with one attached hydrogen (secondary N) is 1. The molecule has 6 nitrogen and oxygen atoms in total. The molecule has 20 heavy (non-hydrogen) atoms. The summed E-state index contributed by atoms with van der Waals surface area (Å²) in [5, 5.41) is 4.05. The number of nitrogen functional groups attached to an aromatic ring is 1. The maximum atomic E-state index is 12.1. The Morgan fingerprint density at radius 1 is 1.35 bits per heavy atom. The summed E-state index contributed by atoms with van der Waals surface area (Å²) < 4.78 is 28.5.